The fourth-order valence-electron chi connectivity index (χ4n) is 4.22. The molecule has 1 aliphatic heterocycles. The van der Waals surface area contributed by atoms with Crippen LogP contribution in [0.5, 0.6) is 0 Å². The third-order valence-corrected chi connectivity index (χ3v) is 6.03. The normalized spacial score (nSPS) is 18.2. The van der Waals surface area contributed by atoms with Crippen LogP contribution in [0.4, 0.5) is 0 Å². The van der Waals surface area contributed by atoms with Gasteiger partial charge in [-0.3, -0.25) is 14.9 Å². The highest BCUT2D eigenvalue weighted by atomic mass is 16.2. The average molecular weight is 361 g/mol. The van der Waals surface area contributed by atoms with Crippen molar-refractivity contribution >= 4 is 26.2 Å². The van der Waals surface area contributed by atoms with Crippen LogP contribution in [-0.4, -0.2) is 26.2 Å². The average Bonchev–Trinajstić information content (AvgIpc) is 2.59. The predicted octanol–water partition coefficient (Wildman–Crippen LogP) is 4.90. The van der Waals surface area contributed by atoms with Gasteiger partial charge >= 0.3 is 0 Å². The monoisotopic (exact) mass is 361 g/mol. The Labute approximate surface area is 163 Å². The van der Waals surface area contributed by atoms with Crippen LogP contribution >= 0.6 is 0 Å². The van der Waals surface area contributed by atoms with Gasteiger partial charge in [0.1, 0.15) is 0 Å². The predicted molar refractivity (Wildman–Crippen MR) is 116 cm³/mol. The standard InChI is InChI=1S/C21H41B2NO2/c1-3-4-5-6-7-8-9-10-11-18-22-23-21(2)16-12-14-19(25)24-20(26)15-13-17-21/h22-23H,3-18H2,1-2H3,(H,24,25,26). The van der Waals surface area contributed by atoms with Gasteiger partial charge in [0.2, 0.25) is 11.8 Å². The molecular formula is C21H41B2NO2. The van der Waals surface area contributed by atoms with Crippen molar-refractivity contribution in [2.45, 2.75) is 122 Å². The number of hydrogen-bond donors (Lipinski definition) is 1. The van der Waals surface area contributed by atoms with Crippen molar-refractivity contribution < 1.29 is 9.59 Å². The fraction of sp³-hybridized carbons (Fsp3) is 0.905. The molecular weight excluding hydrogens is 320 g/mol. The van der Waals surface area contributed by atoms with E-state index in [-0.39, 0.29) is 11.8 Å². The minimum atomic E-state index is -0.0889. The zero-order valence-corrected chi connectivity index (χ0v) is 17.5. The van der Waals surface area contributed by atoms with E-state index in [1.807, 2.05) is 0 Å². The summed E-state index contributed by atoms with van der Waals surface area (Å²) < 4.78 is 0. The van der Waals surface area contributed by atoms with Gasteiger partial charge in [-0.05, 0) is 12.8 Å². The summed E-state index contributed by atoms with van der Waals surface area (Å²) in [4.78, 5) is 23.3. The molecule has 3 nitrogen and oxygen atoms in total. The lowest BCUT2D eigenvalue weighted by molar-refractivity contribution is -0.130. The van der Waals surface area contributed by atoms with Gasteiger partial charge in [0.05, 0.1) is 14.3 Å². The second kappa shape index (κ2) is 14.3. The Bertz CT molecular complexity index is 381. The van der Waals surface area contributed by atoms with Crippen LogP contribution < -0.4 is 5.32 Å². The Hall–Kier alpha value is -0.730. The summed E-state index contributed by atoms with van der Waals surface area (Å²) in [6.07, 6.45) is 19.0. The maximum absolute atomic E-state index is 11.6. The van der Waals surface area contributed by atoms with Crippen molar-refractivity contribution in [1.29, 1.82) is 0 Å². The zero-order chi connectivity index (χ0) is 19.1. The molecule has 0 unspecified atom stereocenters. The number of rotatable bonds is 12. The van der Waals surface area contributed by atoms with E-state index in [9.17, 15) is 9.59 Å². The number of amides is 2. The molecule has 26 heavy (non-hydrogen) atoms. The molecule has 0 radical (unpaired) electrons. The molecule has 0 aromatic rings. The first kappa shape index (κ1) is 23.3. The number of nitrogens with one attached hydrogen (secondary N) is 1. The Kier molecular flexibility index (Phi) is 12.9. The third kappa shape index (κ3) is 11.8. The van der Waals surface area contributed by atoms with Crippen LogP contribution in [0.15, 0.2) is 0 Å². The van der Waals surface area contributed by atoms with Crippen molar-refractivity contribution in [2.24, 2.45) is 0 Å². The molecule has 148 valence electrons. The van der Waals surface area contributed by atoms with E-state index in [4.69, 9.17) is 0 Å². The molecule has 1 rings (SSSR count). The summed E-state index contributed by atoms with van der Waals surface area (Å²) in [6.45, 7) is 4.64. The first-order valence-electron chi connectivity index (χ1n) is 11.4. The fourth-order valence-corrected chi connectivity index (χ4v) is 4.22. The van der Waals surface area contributed by atoms with Crippen LogP contribution in [0.2, 0.25) is 11.6 Å². The molecule has 0 aliphatic carbocycles. The molecule has 1 heterocycles. The minimum absolute atomic E-state index is 0.0889. The molecule has 1 N–H and O–H groups in total. The molecule has 1 aliphatic rings. The van der Waals surface area contributed by atoms with Crippen LogP contribution in [0, 0.1) is 0 Å². The molecule has 0 saturated carbocycles. The quantitative estimate of drug-likeness (QED) is 0.305. The Morgan fingerprint density at radius 1 is 0.846 bits per heavy atom. The highest BCUT2D eigenvalue weighted by Crippen LogP contribution is 2.37. The second-order valence-corrected chi connectivity index (χ2v) is 8.77. The topological polar surface area (TPSA) is 46.2 Å². The second-order valence-electron chi connectivity index (χ2n) is 8.77. The van der Waals surface area contributed by atoms with Crippen molar-refractivity contribution in [1.82, 2.24) is 5.32 Å². The third-order valence-electron chi connectivity index (χ3n) is 6.03. The number of imide groups is 1. The highest BCUT2D eigenvalue weighted by molar-refractivity contribution is 7.02. The van der Waals surface area contributed by atoms with Crippen molar-refractivity contribution in [3.63, 3.8) is 0 Å². The molecule has 1 fully saturated rings. The summed E-state index contributed by atoms with van der Waals surface area (Å²) in [7, 11) is 2.55. The van der Waals surface area contributed by atoms with E-state index in [1.165, 1.54) is 78.4 Å². The van der Waals surface area contributed by atoms with Gasteiger partial charge in [0.25, 0.3) is 0 Å². The number of carbonyl (C=O) groups is 2. The summed E-state index contributed by atoms with van der Waals surface area (Å²) >= 11 is 0. The maximum atomic E-state index is 11.6. The summed E-state index contributed by atoms with van der Waals surface area (Å²) in [5.74, 6) is -0.178. The SMILES string of the molecule is CCCCCCCCCCCBBC1(C)CCCC(=O)NC(=O)CCC1. The van der Waals surface area contributed by atoms with Crippen LogP contribution in [0.1, 0.15) is 110 Å². The van der Waals surface area contributed by atoms with Crippen molar-refractivity contribution in [3.05, 3.63) is 0 Å². The number of hydrogen-bond acceptors (Lipinski definition) is 2. The Morgan fingerprint density at radius 2 is 1.35 bits per heavy atom. The summed E-state index contributed by atoms with van der Waals surface area (Å²) in [5, 5.41) is 2.81. The Balaban J connectivity index is 2.10. The van der Waals surface area contributed by atoms with Gasteiger partial charge in [-0.1, -0.05) is 96.1 Å². The largest absolute Gasteiger partial charge is 0.296 e. The molecule has 0 atom stereocenters. The van der Waals surface area contributed by atoms with Crippen molar-refractivity contribution in [2.75, 3.05) is 0 Å². The van der Waals surface area contributed by atoms with Gasteiger partial charge in [-0.15, -0.1) is 0 Å². The van der Waals surface area contributed by atoms with E-state index in [0.717, 1.165) is 25.7 Å². The van der Waals surface area contributed by atoms with Gasteiger partial charge in [0, 0.05) is 12.8 Å². The summed E-state index contributed by atoms with van der Waals surface area (Å²) in [5.41, 5.74) is 0. The lowest BCUT2D eigenvalue weighted by Gasteiger charge is -2.30. The van der Waals surface area contributed by atoms with E-state index in [2.05, 4.69) is 19.2 Å². The lowest BCUT2D eigenvalue weighted by atomic mass is 9.26. The molecule has 0 aromatic carbocycles. The number of unbranched alkanes of at least 4 members (excludes halogenated alkanes) is 8. The number of carbonyl (C=O) groups excluding carboxylic acids is 2. The van der Waals surface area contributed by atoms with E-state index in [0.29, 0.717) is 18.2 Å². The van der Waals surface area contributed by atoms with E-state index in [1.54, 1.807) is 0 Å². The van der Waals surface area contributed by atoms with Gasteiger partial charge in [0.15, 0.2) is 0 Å². The minimum Gasteiger partial charge on any atom is -0.296 e. The molecule has 2 amide bonds. The molecule has 0 aromatic heterocycles. The van der Waals surface area contributed by atoms with Gasteiger partial charge in [-0.2, -0.15) is 0 Å². The van der Waals surface area contributed by atoms with Gasteiger partial charge in [-0.25, -0.2) is 0 Å². The highest BCUT2D eigenvalue weighted by Gasteiger charge is 2.26. The Morgan fingerprint density at radius 3 is 1.88 bits per heavy atom. The lowest BCUT2D eigenvalue weighted by Crippen LogP contribution is -2.32. The molecule has 0 spiro atoms. The molecule has 1 saturated heterocycles. The first-order valence-corrected chi connectivity index (χ1v) is 11.4. The molecule has 5 heteroatoms. The van der Waals surface area contributed by atoms with Crippen LogP contribution in [0.25, 0.3) is 0 Å². The van der Waals surface area contributed by atoms with Crippen LogP contribution in [0.3, 0.4) is 0 Å². The summed E-state index contributed by atoms with van der Waals surface area (Å²) in [6, 6.07) is 0. The van der Waals surface area contributed by atoms with E-state index < -0.39 is 0 Å². The van der Waals surface area contributed by atoms with Crippen LogP contribution in [-0.2, 0) is 9.59 Å². The first-order chi connectivity index (χ1) is 12.6. The smallest absolute Gasteiger partial charge is 0.226 e. The van der Waals surface area contributed by atoms with Gasteiger partial charge < -0.3 is 0 Å². The van der Waals surface area contributed by atoms with Crippen molar-refractivity contribution in [3.8, 4) is 0 Å². The maximum Gasteiger partial charge on any atom is 0.226 e. The van der Waals surface area contributed by atoms with E-state index >= 15 is 0 Å². The zero-order valence-electron chi connectivity index (χ0n) is 17.5. The molecule has 0 bridgehead atoms.